The molecule has 0 bridgehead atoms. The Balaban J connectivity index is 1.67. The van der Waals surface area contributed by atoms with Crippen molar-refractivity contribution in [3.05, 3.63) is 69.8 Å². The second-order valence-corrected chi connectivity index (χ2v) is 8.15. The third-order valence-electron chi connectivity index (χ3n) is 5.62. The van der Waals surface area contributed by atoms with Gasteiger partial charge < -0.3 is 15.6 Å². The van der Waals surface area contributed by atoms with Gasteiger partial charge in [0.15, 0.2) is 11.6 Å². The first-order valence-electron chi connectivity index (χ1n) is 10.7. The maximum absolute atomic E-state index is 13.7. The third-order valence-corrected chi connectivity index (χ3v) is 5.62. The molecule has 1 unspecified atom stereocenters. The minimum absolute atomic E-state index is 0.152. The summed E-state index contributed by atoms with van der Waals surface area (Å²) < 4.78 is 6.92. The highest BCUT2D eigenvalue weighted by Gasteiger charge is 2.23. The third kappa shape index (κ3) is 3.56. The van der Waals surface area contributed by atoms with E-state index < -0.39 is 0 Å². The van der Waals surface area contributed by atoms with E-state index in [4.69, 9.17) is 10.3 Å². The van der Waals surface area contributed by atoms with E-state index in [1.54, 1.807) is 11.5 Å². The Morgan fingerprint density at radius 2 is 2.00 bits per heavy atom. The number of nitrogens with one attached hydrogen (secondary N) is 2. The molecule has 0 amide bonds. The normalized spacial score (nSPS) is 12.2. The summed E-state index contributed by atoms with van der Waals surface area (Å²) in [5.41, 5.74) is 8.81. The first-order valence-corrected chi connectivity index (χ1v) is 10.7. The molecule has 0 aliphatic rings. The maximum Gasteiger partial charge on any atom is 0.265 e. The van der Waals surface area contributed by atoms with Gasteiger partial charge in [0.1, 0.15) is 23.5 Å². The number of benzene rings is 1. The number of aromatic amines is 1. The van der Waals surface area contributed by atoms with Crippen LogP contribution in [0.25, 0.3) is 28.0 Å². The molecule has 1 atom stereocenters. The number of rotatable bonds is 5. The van der Waals surface area contributed by atoms with Gasteiger partial charge in [0.25, 0.3) is 11.4 Å². The van der Waals surface area contributed by atoms with Crippen molar-refractivity contribution < 1.29 is 4.52 Å². The van der Waals surface area contributed by atoms with E-state index in [-0.39, 0.29) is 23.3 Å². The van der Waals surface area contributed by atoms with Crippen LogP contribution in [-0.4, -0.2) is 34.9 Å². The number of anilines is 2. The van der Waals surface area contributed by atoms with Gasteiger partial charge >= 0.3 is 0 Å². The maximum atomic E-state index is 13.7. The van der Waals surface area contributed by atoms with Crippen molar-refractivity contribution in [2.24, 2.45) is 0 Å². The SMILES string of the molecule is Cc1noc(-c2c(N)ncnc2NC(C)c2cc3cccc(C)c3c(=O)n2-c2cc(C)[nH]n2)n1. The second kappa shape index (κ2) is 8.10. The molecule has 172 valence electrons. The van der Waals surface area contributed by atoms with Gasteiger partial charge in [-0.05, 0) is 44.7 Å². The summed E-state index contributed by atoms with van der Waals surface area (Å²) in [6.45, 7) is 7.45. The molecule has 0 aliphatic heterocycles. The molecule has 11 heteroatoms. The highest BCUT2D eigenvalue weighted by Crippen LogP contribution is 2.32. The number of aryl methyl sites for hydroxylation is 3. The van der Waals surface area contributed by atoms with Gasteiger partial charge in [-0.15, -0.1) is 0 Å². The van der Waals surface area contributed by atoms with Crippen molar-refractivity contribution in [1.82, 2.24) is 34.9 Å². The van der Waals surface area contributed by atoms with Gasteiger partial charge in [-0.3, -0.25) is 14.5 Å². The zero-order chi connectivity index (χ0) is 24.0. The Hall–Kier alpha value is -4.54. The van der Waals surface area contributed by atoms with Crippen molar-refractivity contribution >= 4 is 22.4 Å². The van der Waals surface area contributed by atoms with Gasteiger partial charge in [0.2, 0.25) is 0 Å². The monoisotopic (exact) mass is 457 g/mol. The lowest BCUT2D eigenvalue weighted by Gasteiger charge is -2.21. The van der Waals surface area contributed by atoms with Crippen LogP contribution in [0, 0.1) is 20.8 Å². The summed E-state index contributed by atoms with van der Waals surface area (Å²) in [7, 11) is 0. The summed E-state index contributed by atoms with van der Waals surface area (Å²) in [6, 6.07) is 9.21. The van der Waals surface area contributed by atoms with Crippen LogP contribution >= 0.6 is 0 Å². The Morgan fingerprint density at radius 1 is 1.18 bits per heavy atom. The molecule has 5 rings (SSSR count). The van der Waals surface area contributed by atoms with E-state index in [0.29, 0.717) is 34.1 Å². The van der Waals surface area contributed by atoms with Crippen LogP contribution in [0.15, 0.2) is 46.0 Å². The lowest BCUT2D eigenvalue weighted by molar-refractivity contribution is 0.425. The molecular formula is C23H23N9O2. The largest absolute Gasteiger partial charge is 0.383 e. The van der Waals surface area contributed by atoms with Crippen molar-refractivity contribution in [3.63, 3.8) is 0 Å². The van der Waals surface area contributed by atoms with Crippen molar-refractivity contribution in [2.45, 2.75) is 33.7 Å². The van der Waals surface area contributed by atoms with Gasteiger partial charge in [-0.1, -0.05) is 23.4 Å². The zero-order valence-corrected chi connectivity index (χ0v) is 19.1. The second-order valence-electron chi connectivity index (χ2n) is 8.15. The number of pyridine rings is 1. The summed E-state index contributed by atoms with van der Waals surface area (Å²) in [4.78, 5) is 26.4. The van der Waals surface area contributed by atoms with Crippen LogP contribution < -0.4 is 16.6 Å². The zero-order valence-electron chi connectivity index (χ0n) is 19.1. The first-order chi connectivity index (χ1) is 16.3. The molecule has 0 saturated carbocycles. The molecule has 0 aliphatic carbocycles. The van der Waals surface area contributed by atoms with Gasteiger partial charge in [-0.25, -0.2) is 9.97 Å². The first kappa shape index (κ1) is 21.3. The Morgan fingerprint density at radius 3 is 2.71 bits per heavy atom. The highest BCUT2D eigenvalue weighted by molar-refractivity contribution is 5.86. The van der Waals surface area contributed by atoms with E-state index >= 15 is 0 Å². The number of nitrogens with two attached hydrogens (primary N) is 1. The molecular weight excluding hydrogens is 434 g/mol. The quantitative estimate of drug-likeness (QED) is 0.361. The Labute approximate surface area is 194 Å². The Bertz CT molecular complexity index is 1580. The van der Waals surface area contributed by atoms with E-state index in [1.165, 1.54) is 6.33 Å². The van der Waals surface area contributed by atoms with E-state index in [1.807, 2.05) is 51.1 Å². The number of hydrogen-bond donors (Lipinski definition) is 3. The van der Waals surface area contributed by atoms with Crippen molar-refractivity contribution in [1.29, 1.82) is 0 Å². The van der Waals surface area contributed by atoms with Crippen molar-refractivity contribution in [2.75, 3.05) is 11.1 Å². The van der Waals surface area contributed by atoms with Gasteiger partial charge in [-0.2, -0.15) is 10.1 Å². The summed E-state index contributed by atoms with van der Waals surface area (Å²) >= 11 is 0. The van der Waals surface area contributed by atoms with Crippen LogP contribution in [0.2, 0.25) is 0 Å². The molecule has 0 fully saturated rings. The van der Waals surface area contributed by atoms with Gasteiger partial charge in [0, 0.05) is 11.8 Å². The fourth-order valence-corrected chi connectivity index (χ4v) is 4.03. The summed E-state index contributed by atoms with van der Waals surface area (Å²) in [5, 5.41) is 15.9. The summed E-state index contributed by atoms with van der Waals surface area (Å²) in [5.74, 6) is 1.78. The molecule has 4 heterocycles. The molecule has 11 nitrogen and oxygen atoms in total. The fourth-order valence-electron chi connectivity index (χ4n) is 4.03. The molecule has 0 saturated heterocycles. The number of nitrogens with zero attached hydrogens (tertiary/aromatic N) is 6. The van der Waals surface area contributed by atoms with Crippen molar-refractivity contribution in [3.8, 4) is 17.3 Å². The fraction of sp³-hybridized carbons (Fsp3) is 0.217. The minimum Gasteiger partial charge on any atom is -0.383 e. The molecule has 5 aromatic rings. The van der Waals surface area contributed by atoms with Crippen LogP contribution in [0.5, 0.6) is 0 Å². The standard InChI is InChI=1S/C23H23N9O2/c1-11-6-5-7-15-9-16(32(23(33)18(11)15)17-8-12(2)29-30-17)13(3)27-21-19(20(24)25-10-26-21)22-28-14(4)31-34-22/h5-10,13H,1-4H3,(H,29,30)(H3,24,25,26,27). The minimum atomic E-state index is -0.383. The topological polar surface area (TPSA) is 153 Å². The molecule has 0 spiro atoms. The number of nitrogen functional groups attached to an aromatic ring is 1. The molecule has 34 heavy (non-hydrogen) atoms. The number of H-pyrrole nitrogens is 1. The average Bonchev–Trinajstić information content (AvgIpc) is 3.41. The predicted molar refractivity (Wildman–Crippen MR) is 128 cm³/mol. The number of aromatic nitrogens is 7. The van der Waals surface area contributed by atoms with E-state index in [9.17, 15) is 4.79 Å². The number of fused-ring (bicyclic) bond motifs is 1. The predicted octanol–water partition coefficient (Wildman–Crippen LogP) is 3.23. The molecule has 4 aromatic heterocycles. The smallest absolute Gasteiger partial charge is 0.265 e. The van der Waals surface area contributed by atoms with E-state index in [0.717, 1.165) is 16.6 Å². The van der Waals surface area contributed by atoms with Crippen LogP contribution in [0.4, 0.5) is 11.6 Å². The van der Waals surface area contributed by atoms with E-state index in [2.05, 4.69) is 35.6 Å². The van der Waals surface area contributed by atoms with Crippen LogP contribution in [-0.2, 0) is 0 Å². The van der Waals surface area contributed by atoms with Crippen LogP contribution in [0.1, 0.15) is 35.7 Å². The molecule has 0 radical (unpaired) electrons. The molecule has 4 N–H and O–H groups in total. The average molecular weight is 457 g/mol. The lowest BCUT2D eigenvalue weighted by Crippen LogP contribution is -2.26. The Kier molecular flexibility index (Phi) is 5.08. The number of hydrogen-bond acceptors (Lipinski definition) is 9. The summed E-state index contributed by atoms with van der Waals surface area (Å²) in [6.07, 6.45) is 1.35. The highest BCUT2D eigenvalue weighted by atomic mass is 16.5. The molecule has 1 aromatic carbocycles. The lowest BCUT2D eigenvalue weighted by atomic mass is 10.0. The van der Waals surface area contributed by atoms with Crippen LogP contribution in [0.3, 0.4) is 0 Å². The van der Waals surface area contributed by atoms with Gasteiger partial charge in [0.05, 0.1) is 17.1 Å².